The first kappa shape index (κ1) is 18.7. The topological polar surface area (TPSA) is 75.7 Å². The van der Waals surface area contributed by atoms with Crippen molar-refractivity contribution in [1.29, 1.82) is 0 Å². The van der Waals surface area contributed by atoms with Gasteiger partial charge in [0.25, 0.3) is 0 Å². The van der Waals surface area contributed by atoms with Crippen LogP contribution in [0.4, 0.5) is 0 Å². The van der Waals surface area contributed by atoms with Crippen molar-refractivity contribution in [3.63, 3.8) is 0 Å². The van der Waals surface area contributed by atoms with E-state index in [4.69, 9.17) is 4.74 Å². The molecule has 2 rings (SSSR count). The second-order valence-corrected chi connectivity index (χ2v) is 8.62. The first-order chi connectivity index (χ1) is 11.3. The maximum absolute atomic E-state index is 12.1. The molecule has 24 heavy (non-hydrogen) atoms. The first-order valence-electron chi connectivity index (χ1n) is 8.17. The first-order valence-corrected chi connectivity index (χ1v) is 10.1. The van der Waals surface area contributed by atoms with Gasteiger partial charge in [-0.2, -0.15) is 0 Å². The Kier molecular flexibility index (Phi) is 6.23. The van der Waals surface area contributed by atoms with Gasteiger partial charge in [0.05, 0.1) is 13.2 Å². The third-order valence-electron chi connectivity index (χ3n) is 4.56. The summed E-state index contributed by atoms with van der Waals surface area (Å²) in [6, 6.07) is 7.83. The number of sulfone groups is 1. The van der Waals surface area contributed by atoms with Crippen LogP contribution in [0.2, 0.25) is 0 Å². The monoisotopic (exact) mass is 354 g/mol. The number of nitrogens with one attached hydrogen (secondary N) is 1. The van der Waals surface area contributed by atoms with Gasteiger partial charge in [-0.3, -0.25) is 9.69 Å². The van der Waals surface area contributed by atoms with E-state index in [-0.39, 0.29) is 6.04 Å². The Labute approximate surface area is 144 Å². The summed E-state index contributed by atoms with van der Waals surface area (Å²) in [5.74, 6) is 0.337. The summed E-state index contributed by atoms with van der Waals surface area (Å²) < 4.78 is 28.2. The van der Waals surface area contributed by atoms with Gasteiger partial charge < -0.3 is 10.1 Å². The summed E-state index contributed by atoms with van der Waals surface area (Å²) in [6.45, 7) is 3.77. The van der Waals surface area contributed by atoms with Crippen LogP contribution in [0.5, 0.6) is 5.75 Å². The number of benzene rings is 1. The lowest BCUT2D eigenvalue weighted by Crippen LogP contribution is -2.42. The molecule has 0 aliphatic carbocycles. The molecule has 1 fully saturated rings. The Morgan fingerprint density at radius 1 is 1.25 bits per heavy atom. The average molecular weight is 354 g/mol. The highest BCUT2D eigenvalue weighted by atomic mass is 32.2. The Balaban J connectivity index is 2.10. The molecule has 1 aliphatic heterocycles. The lowest BCUT2D eigenvalue weighted by Gasteiger charge is -2.28. The summed E-state index contributed by atoms with van der Waals surface area (Å²) in [6.07, 6.45) is 3.36. The third-order valence-corrected chi connectivity index (χ3v) is 6.06. The molecule has 0 bridgehead atoms. The molecule has 0 radical (unpaired) electrons. The summed E-state index contributed by atoms with van der Waals surface area (Å²) in [5, 5.41) is 1.77. The predicted octanol–water partition coefficient (Wildman–Crippen LogP) is 1.38. The van der Waals surface area contributed by atoms with Gasteiger partial charge in [-0.15, -0.1) is 0 Å². The van der Waals surface area contributed by atoms with Gasteiger partial charge >= 0.3 is 0 Å². The fourth-order valence-electron chi connectivity index (χ4n) is 2.87. The van der Waals surface area contributed by atoms with Crippen molar-refractivity contribution < 1.29 is 17.9 Å². The second-order valence-electron chi connectivity index (χ2n) is 6.25. The fraction of sp³-hybridized carbons (Fsp3) is 0.588. The van der Waals surface area contributed by atoms with Gasteiger partial charge in [0.2, 0.25) is 5.91 Å². The van der Waals surface area contributed by atoms with E-state index in [1.165, 1.54) is 6.92 Å². The van der Waals surface area contributed by atoms with Crippen molar-refractivity contribution in [2.75, 3.05) is 33.0 Å². The van der Waals surface area contributed by atoms with Crippen LogP contribution in [0.15, 0.2) is 24.3 Å². The van der Waals surface area contributed by atoms with Crippen LogP contribution in [0.25, 0.3) is 0 Å². The molecular formula is C17H26N2O4S. The summed E-state index contributed by atoms with van der Waals surface area (Å²) in [7, 11) is -1.76. The Bertz CT molecular complexity index is 652. The largest absolute Gasteiger partial charge is 0.497 e. The molecule has 0 spiro atoms. The van der Waals surface area contributed by atoms with E-state index >= 15 is 0 Å². The number of hydrogen-bond donors (Lipinski definition) is 1. The molecule has 1 aromatic rings. The van der Waals surface area contributed by atoms with Gasteiger partial charge in [0.1, 0.15) is 11.0 Å². The van der Waals surface area contributed by atoms with Crippen molar-refractivity contribution in [1.82, 2.24) is 10.2 Å². The van der Waals surface area contributed by atoms with E-state index in [0.717, 1.165) is 43.5 Å². The van der Waals surface area contributed by atoms with E-state index in [1.807, 2.05) is 24.3 Å². The van der Waals surface area contributed by atoms with Crippen LogP contribution in [0.1, 0.15) is 31.4 Å². The molecule has 6 nitrogen and oxygen atoms in total. The maximum atomic E-state index is 12.1. The molecule has 134 valence electrons. The number of carbonyl (C=O) groups is 1. The van der Waals surface area contributed by atoms with E-state index in [0.29, 0.717) is 6.54 Å². The number of carbonyl (C=O) groups excluding carboxylic acids is 1. The van der Waals surface area contributed by atoms with Crippen LogP contribution in [-0.4, -0.2) is 57.5 Å². The molecule has 1 saturated heterocycles. The van der Waals surface area contributed by atoms with Gasteiger partial charge in [-0.05, 0) is 50.6 Å². The number of likely N-dealkylation sites (tertiary alicyclic amines) is 1. The van der Waals surface area contributed by atoms with Gasteiger partial charge in [-0.1, -0.05) is 12.1 Å². The zero-order valence-electron chi connectivity index (χ0n) is 14.5. The molecule has 1 aromatic carbocycles. The lowest BCUT2D eigenvalue weighted by atomic mass is 10.1. The molecular weight excluding hydrogens is 328 g/mol. The standard InChI is InChI=1S/C17H26N2O4S/c1-13(24(3,21)22)17(20)18-12-16(19-10-4-5-11-19)14-6-8-15(23-2)9-7-14/h6-9,13,16H,4-5,10-12H2,1-3H3,(H,18,20)/t13-,16-/m1/s1. The zero-order chi connectivity index (χ0) is 17.7. The average Bonchev–Trinajstić information content (AvgIpc) is 3.08. The summed E-state index contributed by atoms with van der Waals surface area (Å²) in [4.78, 5) is 14.4. The lowest BCUT2D eigenvalue weighted by molar-refractivity contribution is -0.120. The molecule has 7 heteroatoms. The maximum Gasteiger partial charge on any atom is 0.238 e. The van der Waals surface area contributed by atoms with E-state index in [2.05, 4.69) is 10.2 Å². The molecule has 0 unspecified atom stereocenters. The minimum absolute atomic E-state index is 0.0362. The van der Waals surface area contributed by atoms with Crippen molar-refractivity contribution >= 4 is 15.7 Å². The predicted molar refractivity (Wildman–Crippen MR) is 93.9 cm³/mol. The number of amides is 1. The molecule has 0 saturated carbocycles. The van der Waals surface area contributed by atoms with Crippen LogP contribution >= 0.6 is 0 Å². The minimum Gasteiger partial charge on any atom is -0.497 e. The highest BCUT2D eigenvalue weighted by molar-refractivity contribution is 7.92. The summed E-state index contributed by atoms with van der Waals surface area (Å²) >= 11 is 0. The van der Waals surface area contributed by atoms with Crippen molar-refractivity contribution in [3.05, 3.63) is 29.8 Å². The third kappa shape index (κ3) is 4.70. The molecule has 1 N–H and O–H groups in total. The van der Waals surface area contributed by atoms with Gasteiger partial charge in [0.15, 0.2) is 9.84 Å². The van der Waals surface area contributed by atoms with Crippen LogP contribution < -0.4 is 10.1 Å². The van der Waals surface area contributed by atoms with Crippen LogP contribution in [0, 0.1) is 0 Å². The zero-order valence-corrected chi connectivity index (χ0v) is 15.3. The Morgan fingerprint density at radius 2 is 1.83 bits per heavy atom. The van der Waals surface area contributed by atoms with E-state index in [9.17, 15) is 13.2 Å². The van der Waals surface area contributed by atoms with Gasteiger partial charge in [0, 0.05) is 12.8 Å². The number of rotatable bonds is 7. The SMILES string of the molecule is COc1ccc([C@@H](CNC(=O)[C@@H](C)S(C)(=O)=O)N2CCCC2)cc1. The van der Waals surface area contributed by atoms with Crippen molar-refractivity contribution in [2.24, 2.45) is 0 Å². The highest BCUT2D eigenvalue weighted by Crippen LogP contribution is 2.26. The Morgan fingerprint density at radius 3 is 2.33 bits per heavy atom. The quantitative estimate of drug-likeness (QED) is 0.801. The Hall–Kier alpha value is -1.60. The van der Waals surface area contributed by atoms with Crippen molar-refractivity contribution in [3.8, 4) is 5.75 Å². The number of methoxy groups -OCH3 is 1. The number of ether oxygens (including phenoxy) is 1. The van der Waals surface area contributed by atoms with E-state index < -0.39 is 21.0 Å². The van der Waals surface area contributed by atoms with Crippen LogP contribution in [0.3, 0.4) is 0 Å². The second kappa shape index (κ2) is 7.98. The summed E-state index contributed by atoms with van der Waals surface area (Å²) in [5.41, 5.74) is 1.09. The highest BCUT2D eigenvalue weighted by Gasteiger charge is 2.27. The van der Waals surface area contributed by atoms with E-state index in [1.54, 1.807) is 7.11 Å². The smallest absolute Gasteiger partial charge is 0.238 e. The van der Waals surface area contributed by atoms with Gasteiger partial charge in [-0.25, -0.2) is 8.42 Å². The van der Waals surface area contributed by atoms with Crippen molar-refractivity contribution in [2.45, 2.75) is 31.1 Å². The normalized spacial score (nSPS) is 18.1. The minimum atomic E-state index is -3.38. The molecule has 0 aromatic heterocycles. The van der Waals surface area contributed by atoms with Crippen LogP contribution in [-0.2, 0) is 14.6 Å². The fourth-order valence-corrected chi connectivity index (χ4v) is 3.34. The molecule has 1 heterocycles. The number of hydrogen-bond acceptors (Lipinski definition) is 5. The molecule has 1 aliphatic rings. The molecule has 1 amide bonds. The molecule has 2 atom stereocenters. The number of nitrogens with zero attached hydrogens (tertiary/aromatic N) is 1.